The molecule has 0 aliphatic carbocycles. The lowest BCUT2D eigenvalue weighted by molar-refractivity contribution is 0.726. The summed E-state index contributed by atoms with van der Waals surface area (Å²) < 4.78 is 13.4. The molecule has 9 heavy (non-hydrogen) atoms. The molecule has 0 aliphatic rings. The van der Waals surface area contributed by atoms with Crippen LogP contribution in [0.3, 0.4) is 0 Å². The van der Waals surface area contributed by atoms with Crippen molar-refractivity contribution in [1.82, 2.24) is 4.57 Å². The zero-order chi connectivity index (χ0) is 6.69. The molecule has 0 atom stereocenters. The Morgan fingerprint density at radius 1 is 1.67 bits per heavy atom. The summed E-state index contributed by atoms with van der Waals surface area (Å²) >= 11 is 0. The SMILES string of the molecule is Cn1cccc1/C=C/F. The molecular weight excluding hydrogens is 117 g/mol. The van der Waals surface area contributed by atoms with E-state index in [1.165, 1.54) is 6.08 Å². The van der Waals surface area contributed by atoms with Gasteiger partial charge in [-0.1, -0.05) is 0 Å². The number of rotatable bonds is 1. The van der Waals surface area contributed by atoms with E-state index in [-0.39, 0.29) is 0 Å². The highest BCUT2D eigenvalue weighted by Crippen LogP contribution is 2.01. The van der Waals surface area contributed by atoms with Crippen LogP contribution in [0, 0.1) is 0 Å². The van der Waals surface area contributed by atoms with Gasteiger partial charge in [-0.05, 0) is 18.2 Å². The Morgan fingerprint density at radius 3 is 2.89 bits per heavy atom. The van der Waals surface area contributed by atoms with Gasteiger partial charge in [0.05, 0.1) is 6.33 Å². The fourth-order valence-electron chi connectivity index (χ4n) is 0.712. The van der Waals surface area contributed by atoms with Crippen molar-refractivity contribution in [2.24, 2.45) is 7.05 Å². The largest absolute Gasteiger partial charge is 0.351 e. The molecule has 1 aromatic heterocycles. The van der Waals surface area contributed by atoms with Crippen molar-refractivity contribution in [3.63, 3.8) is 0 Å². The van der Waals surface area contributed by atoms with Crippen LogP contribution in [0.4, 0.5) is 4.39 Å². The second-order valence-corrected chi connectivity index (χ2v) is 1.84. The first kappa shape index (κ1) is 6.08. The van der Waals surface area contributed by atoms with E-state index in [0.29, 0.717) is 6.33 Å². The molecule has 1 rings (SSSR count). The predicted molar refractivity (Wildman–Crippen MR) is 35.6 cm³/mol. The molecule has 48 valence electrons. The second kappa shape index (κ2) is 2.49. The van der Waals surface area contributed by atoms with Crippen molar-refractivity contribution in [2.45, 2.75) is 0 Å². The van der Waals surface area contributed by atoms with Gasteiger partial charge in [0.15, 0.2) is 0 Å². The molecule has 0 aromatic carbocycles. The van der Waals surface area contributed by atoms with Crippen molar-refractivity contribution >= 4 is 6.08 Å². The molecule has 1 nitrogen and oxygen atoms in total. The minimum absolute atomic E-state index is 0.537. The highest BCUT2D eigenvalue weighted by atomic mass is 19.1. The number of aryl methyl sites for hydroxylation is 1. The average Bonchev–Trinajstić information content (AvgIpc) is 2.18. The Morgan fingerprint density at radius 2 is 2.44 bits per heavy atom. The third-order valence-corrected chi connectivity index (χ3v) is 1.22. The fraction of sp³-hybridized carbons (Fsp3) is 0.143. The van der Waals surface area contributed by atoms with Gasteiger partial charge in [0.1, 0.15) is 0 Å². The van der Waals surface area contributed by atoms with Crippen LogP contribution in [-0.2, 0) is 7.05 Å². The number of aromatic nitrogens is 1. The topological polar surface area (TPSA) is 4.93 Å². The Hall–Kier alpha value is -1.05. The van der Waals surface area contributed by atoms with E-state index in [0.717, 1.165) is 5.69 Å². The van der Waals surface area contributed by atoms with E-state index in [9.17, 15) is 4.39 Å². The van der Waals surface area contributed by atoms with E-state index in [4.69, 9.17) is 0 Å². The van der Waals surface area contributed by atoms with Gasteiger partial charge in [0.2, 0.25) is 0 Å². The third kappa shape index (κ3) is 1.19. The number of hydrogen-bond donors (Lipinski definition) is 0. The smallest absolute Gasteiger partial charge is 0.0887 e. The summed E-state index contributed by atoms with van der Waals surface area (Å²) in [6, 6.07) is 3.71. The molecular formula is C7H8FN. The van der Waals surface area contributed by atoms with E-state index in [1.807, 2.05) is 29.9 Å². The van der Waals surface area contributed by atoms with Crippen LogP contribution in [0.2, 0.25) is 0 Å². The van der Waals surface area contributed by atoms with Crippen molar-refractivity contribution in [1.29, 1.82) is 0 Å². The molecule has 0 aliphatic heterocycles. The molecule has 0 spiro atoms. The zero-order valence-electron chi connectivity index (χ0n) is 5.21. The molecule has 0 saturated heterocycles. The van der Waals surface area contributed by atoms with Gasteiger partial charge in [0, 0.05) is 18.9 Å². The molecule has 0 bridgehead atoms. The lowest BCUT2D eigenvalue weighted by Gasteiger charge is -1.91. The minimum Gasteiger partial charge on any atom is -0.351 e. The molecule has 0 saturated carbocycles. The van der Waals surface area contributed by atoms with Gasteiger partial charge in [-0.3, -0.25) is 0 Å². The first-order valence-corrected chi connectivity index (χ1v) is 2.72. The first-order valence-electron chi connectivity index (χ1n) is 2.72. The monoisotopic (exact) mass is 125 g/mol. The Kier molecular flexibility index (Phi) is 1.68. The summed E-state index contributed by atoms with van der Waals surface area (Å²) in [7, 11) is 1.87. The van der Waals surface area contributed by atoms with Crippen molar-refractivity contribution in [3.05, 3.63) is 30.4 Å². The molecule has 1 aromatic rings. The van der Waals surface area contributed by atoms with Gasteiger partial charge in [-0.25, -0.2) is 4.39 Å². The molecule has 0 amide bonds. The van der Waals surface area contributed by atoms with E-state index in [1.54, 1.807) is 0 Å². The number of nitrogens with zero attached hydrogens (tertiary/aromatic N) is 1. The first-order chi connectivity index (χ1) is 4.34. The van der Waals surface area contributed by atoms with Gasteiger partial charge < -0.3 is 4.57 Å². The van der Waals surface area contributed by atoms with E-state index < -0.39 is 0 Å². The second-order valence-electron chi connectivity index (χ2n) is 1.84. The standard InChI is InChI=1S/C7H8FN/c1-9-6-2-3-7(9)4-5-8/h2-6H,1H3/b5-4+. The lowest BCUT2D eigenvalue weighted by atomic mass is 10.4. The van der Waals surface area contributed by atoms with Crippen LogP contribution in [0.15, 0.2) is 24.7 Å². The lowest BCUT2D eigenvalue weighted by Crippen LogP contribution is -1.85. The van der Waals surface area contributed by atoms with Crippen LogP contribution < -0.4 is 0 Å². The highest BCUT2D eigenvalue weighted by Gasteiger charge is 1.87. The van der Waals surface area contributed by atoms with Gasteiger partial charge >= 0.3 is 0 Å². The summed E-state index contributed by atoms with van der Waals surface area (Å²) in [4.78, 5) is 0. The summed E-state index contributed by atoms with van der Waals surface area (Å²) in [6.07, 6.45) is 3.82. The average molecular weight is 125 g/mol. The Labute approximate surface area is 53.4 Å². The molecule has 0 radical (unpaired) electrons. The van der Waals surface area contributed by atoms with Crippen LogP contribution in [0.5, 0.6) is 0 Å². The Balaban J connectivity index is 2.94. The summed E-state index contributed by atoms with van der Waals surface area (Å²) in [6.45, 7) is 0. The number of hydrogen-bond acceptors (Lipinski definition) is 0. The van der Waals surface area contributed by atoms with Crippen LogP contribution >= 0.6 is 0 Å². The highest BCUT2D eigenvalue weighted by molar-refractivity contribution is 5.43. The molecule has 0 fully saturated rings. The molecule has 2 heteroatoms. The van der Waals surface area contributed by atoms with E-state index >= 15 is 0 Å². The maximum absolute atomic E-state index is 11.5. The van der Waals surface area contributed by atoms with Crippen LogP contribution in [-0.4, -0.2) is 4.57 Å². The summed E-state index contributed by atoms with van der Waals surface area (Å²) in [5.74, 6) is 0. The van der Waals surface area contributed by atoms with E-state index in [2.05, 4.69) is 0 Å². The molecule has 0 N–H and O–H groups in total. The quantitative estimate of drug-likeness (QED) is 0.540. The predicted octanol–water partition coefficient (Wildman–Crippen LogP) is 1.97. The van der Waals surface area contributed by atoms with Gasteiger partial charge in [-0.15, -0.1) is 0 Å². The molecule has 0 unspecified atom stereocenters. The van der Waals surface area contributed by atoms with Crippen molar-refractivity contribution in [2.75, 3.05) is 0 Å². The fourth-order valence-corrected chi connectivity index (χ4v) is 0.712. The zero-order valence-corrected chi connectivity index (χ0v) is 5.21. The normalized spacial score (nSPS) is 10.9. The third-order valence-electron chi connectivity index (χ3n) is 1.22. The minimum atomic E-state index is 0.537. The number of halogens is 1. The maximum Gasteiger partial charge on any atom is 0.0887 e. The van der Waals surface area contributed by atoms with Gasteiger partial charge in [-0.2, -0.15) is 0 Å². The summed E-state index contributed by atoms with van der Waals surface area (Å²) in [5, 5.41) is 0. The Bertz CT molecular complexity index is 212. The van der Waals surface area contributed by atoms with Gasteiger partial charge in [0.25, 0.3) is 0 Å². The maximum atomic E-state index is 11.5. The van der Waals surface area contributed by atoms with Crippen LogP contribution in [0.25, 0.3) is 6.08 Å². The van der Waals surface area contributed by atoms with Crippen molar-refractivity contribution < 1.29 is 4.39 Å². The van der Waals surface area contributed by atoms with Crippen molar-refractivity contribution in [3.8, 4) is 0 Å². The summed E-state index contributed by atoms with van der Waals surface area (Å²) in [5.41, 5.74) is 0.873. The molecule has 1 heterocycles. The van der Waals surface area contributed by atoms with Crippen LogP contribution in [0.1, 0.15) is 5.69 Å².